The van der Waals surface area contributed by atoms with Gasteiger partial charge in [-0.1, -0.05) is 23.8 Å². The molecule has 0 fully saturated rings. The zero-order chi connectivity index (χ0) is 18.4. The molecule has 0 radical (unpaired) electrons. The normalized spacial score (nSPS) is 14.2. The summed E-state index contributed by atoms with van der Waals surface area (Å²) in [7, 11) is 0. The topological polar surface area (TPSA) is 69.8 Å². The summed E-state index contributed by atoms with van der Waals surface area (Å²) < 4.78 is 5.55. The van der Waals surface area contributed by atoms with Gasteiger partial charge in [0.2, 0.25) is 0 Å². The van der Waals surface area contributed by atoms with Gasteiger partial charge in [-0.25, -0.2) is 4.99 Å². The largest absolute Gasteiger partial charge is 0.463 e. The highest BCUT2D eigenvalue weighted by atomic mass is 16.4. The van der Waals surface area contributed by atoms with Crippen molar-refractivity contribution in [3.63, 3.8) is 0 Å². The van der Waals surface area contributed by atoms with Gasteiger partial charge in [0, 0.05) is 6.54 Å². The lowest BCUT2D eigenvalue weighted by molar-refractivity contribution is 0.0378. The van der Waals surface area contributed by atoms with Crippen LogP contribution in [0.4, 0.5) is 0 Å². The van der Waals surface area contributed by atoms with Gasteiger partial charge in [0.25, 0.3) is 0 Å². The minimum atomic E-state index is -1.11. The van der Waals surface area contributed by atoms with E-state index in [1.165, 1.54) is 16.7 Å². The number of nitrogens with one attached hydrogen (secondary N) is 2. The van der Waals surface area contributed by atoms with E-state index in [2.05, 4.69) is 47.7 Å². The molecule has 1 aromatic carbocycles. The second-order valence-electron chi connectivity index (χ2n) is 6.66. The Morgan fingerprint density at radius 1 is 1.16 bits per heavy atom. The number of hydrogen-bond acceptors (Lipinski definition) is 3. The van der Waals surface area contributed by atoms with Gasteiger partial charge in [-0.2, -0.15) is 0 Å². The van der Waals surface area contributed by atoms with Gasteiger partial charge >= 0.3 is 0 Å². The first-order valence-corrected chi connectivity index (χ1v) is 8.69. The van der Waals surface area contributed by atoms with E-state index in [4.69, 9.17) is 4.42 Å². The Kier molecular flexibility index (Phi) is 6.26. The Balaban J connectivity index is 2.04. The van der Waals surface area contributed by atoms with Crippen molar-refractivity contribution in [1.29, 1.82) is 0 Å². The van der Waals surface area contributed by atoms with Gasteiger partial charge < -0.3 is 20.2 Å². The van der Waals surface area contributed by atoms with Crippen LogP contribution in [0, 0.1) is 20.8 Å². The average Bonchev–Trinajstić information content (AvgIpc) is 2.99. The van der Waals surface area contributed by atoms with Crippen LogP contribution in [0.2, 0.25) is 0 Å². The zero-order valence-corrected chi connectivity index (χ0v) is 15.8. The smallest absolute Gasteiger partial charge is 0.191 e. The third-order valence-corrected chi connectivity index (χ3v) is 4.12. The van der Waals surface area contributed by atoms with Crippen molar-refractivity contribution in [1.82, 2.24) is 10.6 Å². The Morgan fingerprint density at radius 3 is 2.52 bits per heavy atom. The van der Waals surface area contributed by atoms with Crippen molar-refractivity contribution in [3.8, 4) is 0 Å². The molecule has 0 aliphatic carbocycles. The minimum Gasteiger partial charge on any atom is -0.463 e. The van der Waals surface area contributed by atoms with E-state index in [0.717, 1.165) is 12.3 Å². The van der Waals surface area contributed by atoms with Gasteiger partial charge in [0.15, 0.2) is 5.96 Å². The van der Waals surface area contributed by atoms with Crippen LogP contribution in [0.3, 0.4) is 0 Å². The lowest BCUT2D eigenvalue weighted by Gasteiger charge is -2.23. The second kappa shape index (κ2) is 8.21. The molecule has 1 heterocycles. The molecule has 2 rings (SSSR count). The molecule has 5 heteroatoms. The molecule has 0 bridgehead atoms. The van der Waals surface area contributed by atoms with Crippen molar-refractivity contribution in [2.24, 2.45) is 4.99 Å². The van der Waals surface area contributed by atoms with E-state index < -0.39 is 5.60 Å². The number of rotatable bonds is 6. The maximum Gasteiger partial charge on any atom is 0.191 e. The summed E-state index contributed by atoms with van der Waals surface area (Å²) in [5.74, 6) is 2.00. The van der Waals surface area contributed by atoms with Crippen molar-refractivity contribution >= 4 is 5.96 Å². The maximum absolute atomic E-state index is 10.6. The number of aliphatic imine (C=N–C) groups is 1. The molecule has 0 spiro atoms. The molecule has 0 saturated heterocycles. The van der Waals surface area contributed by atoms with E-state index in [9.17, 15) is 5.11 Å². The van der Waals surface area contributed by atoms with Gasteiger partial charge in [0.1, 0.15) is 17.1 Å². The molecular weight excluding hydrogens is 314 g/mol. The van der Waals surface area contributed by atoms with Crippen molar-refractivity contribution in [2.75, 3.05) is 13.1 Å². The van der Waals surface area contributed by atoms with Crippen LogP contribution in [0.1, 0.15) is 42.1 Å². The molecule has 25 heavy (non-hydrogen) atoms. The molecule has 2 aromatic rings. The molecule has 1 aromatic heterocycles. The predicted octanol–water partition coefficient (Wildman–Crippen LogP) is 3.17. The molecule has 1 atom stereocenters. The lowest BCUT2D eigenvalue weighted by Crippen LogP contribution is -2.44. The van der Waals surface area contributed by atoms with Gasteiger partial charge in [0.05, 0.1) is 13.1 Å². The highest BCUT2D eigenvalue weighted by molar-refractivity contribution is 5.79. The zero-order valence-electron chi connectivity index (χ0n) is 15.8. The average molecular weight is 343 g/mol. The summed E-state index contributed by atoms with van der Waals surface area (Å²) in [4.78, 5) is 4.63. The fraction of sp³-hybridized carbons (Fsp3) is 0.450. The van der Waals surface area contributed by atoms with Crippen LogP contribution >= 0.6 is 0 Å². The van der Waals surface area contributed by atoms with Gasteiger partial charge in [-0.15, -0.1) is 0 Å². The van der Waals surface area contributed by atoms with E-state index >= 15 is 0 Å². The van der Waals surface area contributed by atoms with Gasteiger partial charge in [-0.3, -0.25) is 0 Å². The van der Waals surface area contributed by atoms with Crippen LogP contribution in [0.25, 0.3) is 0 Å². The Bertz CT molecular complexity index is 732. The number of benzene rings is 1. The predicted molar refractivity (Wildman–Crippen MR) is 102 cm³/mol. The quantitative estimate of drug-likeness (QED) is 0.557. The number of guanidine groups is 1. The number of nitrogens with zero attached hydrogens (tertiary/aromatic N) is 1. The Labute approximate surface area is 150 Å². The van der Waals surface area contributed by atoms with Crippen molar-refractivity contribution < 1.29 is 9.52 Å². The molecule has 0 amide bonds. The third-order valence-electron chi connectivity index (χ3n) is 4.12. The summed E-state index contributed by atoms with van der Waals surface area (Å²) in [5.41, 5.74) is 2.57. The fourth-order valence-corrected chi connectivity index (χ4v) is 2.60. The standard InChI is InChI=1S/C20H29N3O2/c1-6-21-19(22-12-17-9-7-14(2)11-15(17)3)23-13-20(5,24)18-10-8-16(4)25-18/h7-11,24H,6,12-13H2,1-5H3,(H2,21,22,23). The first kappa shape index (κ1) is 19.1. The highest BCUT2D eigenvalue weighted by Gasteiger charge is 2.27. The summed E-state index contributed by atoms with van der Waals surface area (Å²) in [5, 5.41) is 17.0. The van der Waals surface area contributed by atoms with Gasteiger partial charge in [-0.05, 0) is 57.9 Å². The van der Waals surface area contributed by atoms with E-state index in [0.29, 0.717) is 24.8 Å². The van der Waals surface area contributed by atoms with Crippen LogP contribution in [0.15, 0.2) is 39.7 Å². The molecule has 1 unspecified atom stereocenters. The monoisotopic (exact) mass is 343 g/mol. The van der Waals surface area contributed by atoms with Crippen molar-refractivity contribution in [2.45, 2.75) is 46.8 Å². The summed E-state index contributed by atoms with van der Waals surface area (Å²) in [6.07, 6.45) is 0. The van der Waals surface area contributed by atoms with Crippen molar-refractivity contribution in [3.05, 3.63) is 58.5 Å². The Hall–Kier alpha value is -2.27. The first-order chi connectivity index (χ1) is 11.8. The van der Waals surface area contributed by atoms with E-state index in [1.54, 1.807) is 13.0 Å². The molecule has 0 saturated carbocycles. The van der Waals surface area contributed by atoms with Crippen LogP contribution in [-0.2, 0) is 12.1 Å². The summed E-state index contributed by atoms with van der Waals surface area (Å²) in [6, 6.07) is 10.0. The maximum atomic E-state index is 10.6. The fourth-order valence-electron chi connectivity index (χ4n) is 2.60. The first-order valence-electron chi connectivity index (χ1n) is 8.69. The molecule has 0 aliphatic heterocycles. The van der Waals surface area contributed by atoms with Crippen LogP contribution in [0.5, 0.6) is 0 Å². The second-order valence-corrected chi connectivity index (χ2v) is 6.66. The lowest BCUT2D eigenvalue weighted by atomic mass is 10.0. The van der Waals surface area contributed by atoms with Crippen LogP contribution in [-0.4, -0.2) is 24.2 Å². The molecule has 136 valence electrons. The molecule has 5 nitrogen and oxygen atoms in total. The number of aryl methyl sites for hydroxylation is 3. The third kappa shape index (κ3) is 5.36. The molecular formula is C20H29N3O2. The number of hydrogen-bond donors (Lipinski definition) is 3. The highest BCUT2D eigenvalue weighted by Crippen LogP contribution is 2.21. The summed E-state index contributed by atoms with van der Waals surface area (Å²) >= 11 is 0. The molecule has 3 N–H and O–H groups in total. The SMILES string of the molecule is CCNC(=NCc1ccc(C)cc1C)NCC(C)(O)c1ccc(C)o1. The minimum absolute atomic E-state index is 0.304. The Morgan fingerprint density at radius 2 is 1.92 bits per heavy atom. The van der Waals surface area contributed by atoms with E-state index in [-0.39, 0.29) is 0 Å². The number of aliphatic hydroxyl groups is 1. The van der Waals surface area contributed by atoms with E-state index in [1.807, 2.05) is 19.9 Å². The molecule has 0 aliphatic rings. The van der Waals surface area contributed by atoms with Crippen LogP contribution < -0.4 is 10.6 Å². The summed E-state index contributed by atoms with van der Waals surface area (Å²) in [6.45, 7) is 11.4. The number of furan rings is 1.